The van der Waals surface area contributed by atoms with Crippen LogP contribution in [-0.2, 0) is 6.54 Å². The van der Waals surface area contributed by atoms with Gasteiger partial charge in [-0.2, -0.15) is 5.10 Å². The smallest absolute Gasteiger partial charge is 0.274 e. The summed E-state index contributed by atoms with van der Waals surface area (Å²) in [5.74, 6) is -0.121. The Morgan fingerprint density at radius 3 is 2.63 bits per heavy atom. The molecule has 0 aliphatic heterocycles. The molecule has 140 valence electrons. The number of aryl methyl sites for hydroxylation is 2. The van der Waals surface area contributed by atoms with Crippen molar-refractivity contribution in [1.29, 1.82) is 0 Å². The molecule has 0 radical (unpaired) electrons. The average Bonchev–Trinajstić information content (AvgIpc) is 2.98. The van der Waals surface area contributed by atoms with Crippen LogP contribution in [0.1, 0.15) is 34.4 Å². The molecular weight excluding hydrogens is 367 g/mol. The number of pyridine rings is 1. The third kappa shape index (κ3) is 4.17. The second-order valence-corrected chi connectivity index (χ2v) is 6.70. The maximum atomic E-state index is 13.4. The first-order valence-corrected chi connectivity index (χ1v) is 9.00. The zero-order chi connectivity index (χ0) is 19.6. The molecule has 0 saturated carbocycles. The minimum absolute atomic E-state index is 0.153. The molecule has 0 saturated heterocycles. The Labute approximate surface area is 162 Å². The molecular formula is C20H20ClFN4O. The highest BCUT2D eigenvalue weighted by Crippen LogP contribution is 2.20. The van der Waals surface area contributed by atoms with Crippen molar-refractivity contribution in [3.8, 4) is 5.82 Å². The van der Waals surface area contributed by atoms with Crippen LogP contribution >= 0.6 is 11.6 Å². The van der Waals surface area contributed by atoms with E-state index in [9.17, 15) is 9.18 Å². The second-order valence-electron chi connectivity index (χ2n) is 6.29. The van der Waals surface area contributed by atoms with Gasteiger partial charge >= 0.3 is 0 Å². The Hall–Kier alpha value is -2.73. The van der Waals surface area contributed by atoms with Gasteiger partial charge in [0.25, 0.3) is 5.91 Å². The van der Waals surface area contributed by atoms with Crippen LogP contribution in [0, 0.1) is 19.7 Å². The van der Waals surface area contributed by atoms with Crippen molar-refractivity contribution in [3.05, 3.63) is 75.9 Å². The molecule has 0 spiro atoms. The molecule has 1 amide bonds. The predicted octanol–water partition coefficient (Wildman–Crippen LogP) is 4.34. The number of halogens is 2. The van der Waals surface area contributed by atoms with Crippen molar-refractivity contribution in [3.63, 3.8) is 0 Å². The number of aromatic nitrogens is 3. The van der Waals surface area contributed by atoms with E-state index in [4.69, 9.17) is 11.6 Å². The van der Waals surface area contributed by atoms with Gasteiger partial charge in [-0.3, -0.25) is 4.79 Å². The number of amides is 1. The highest BCUT2D eigenvalue weighted by molar-refractivity contribution is 6.33. The van der Waals surface area contributed by atoms with Crippen molar-refractivity contribution in [2.24, 2.45) is 0 Å². The molecule has 0 N–H and O–H groups in total. The molecule has 2 aromatic heterocycles. The van der Waals surface area contributed by atoms with E-state index in [1.54, 1.807) is 33.8 Å². The number of hydrogen-bond acceptors (Lipinski definition) is 3. The van der Waals surface area contributed by atoms with Gasteiger partial charge in [0.1, 0.15) is 11.5 Å². The highest BCUT2D eigenvalue weighted by atomic mass is 35.5. The van der Waals surface area contributed by atoms with Gasteiger partial charge in [-0.15, -0.1) is 0 Å². The molecule has 7 heteroatoms. The average molecular weight is 387 g/mol. The number of benzene rings is 1. The topological polar surface area (TPSA) is 51.0 Å². The molecule has 3 rings (SSSR count). The van der Waals surface area contributed by atoms with Crippen molar-refractivity contribution in [2.75, 3.05) is 6.54 Å². The SMILES string of the molecule is CCN(Cc1cccc(F)c1)C(=O)c1nc(-n2nc(C)cc2C)ccc1Cl. The van der Waals surface area contributed by atoms with E-state index in [-0.39, 0.29) is 29.0 Å². The van der Waals surface area contributed by atoms with Gasteiger partial charge in [-0.25, -0.2) is 14.1 Å². The van der Waals surface area contributed by atoms with Gasteiger partial charge in [0, 0.05) is 18.8 Å². The number of rotatable bonds is 5. The summed E-state index contributed by atoms with van der Waals surface area (Å²) in [6.07, 6.45) is 0. The van der Waals surface area contributed by atoms with Gasteiger partial charge in [-0.05, 0) is 56.7 Å². The van der Waals surface area contributed by atoms with E-state index >= 15 is 0 Å². The Balaban J connectivity index is 1.92. The molecule has 0 aliphatic rings. The van der Waals surface area contributed by atoms with E-state index in [0.717, 1.165) is 11.4 Å². The predicted molar refractivity (Wildman–Crippen MR) is 103 cm³/mol. The lowest BCUT2D eigenvalue weighted by atomic mass is 10.2. The molecule has 2 heterocycles. The lowest BCUT2D eigenvalue weighted by molar-refractivity contribution is 0.0746. The first-order chi connectivity index (χ1) is 12.9. The molecule has 0 unspecified atom stereocenters. The maximum Gasteiger partial charge on any atom is 0.274 e. The van der Waals surface area contributed by atoms with Crippen LogP contribution in [0.5, 0.6) is 0 Å². The zero-order valence-electron chi connectivity index (χ0n) is 15.4. The normalized spacial score (nSPS) is 10.9. The summed E-state index contributed by atoms with van der Waals surface area (Å²) >= 11 is 6.25. The summed E-state index contributed by atoms with van der Waals surface area (Å²) in [5.41, 5.74) is 2.63. The van der Waals surface area contributed by atoms with Gasteiger partial charge < -0.3 is 4.90 Å². The Morgan fingerprint density at radius 1 is 1.22 bits per heavy atom. The van der Waals surface area contributed by atoms with E-state index < -0.39 is 0 Å². The quantitative estimate of drug-likeness (QED) is 0.655. The van der Waals surface area contributed by atoms with E-state index in [0.29, 0.717) is 17.9 Å². The van der Waals surface area contributed by atoms with Crippen LogP contribution in [0.3, 0.4) is 0 Å². The summed E-state index contributed by atoms with van der Waals surface area (Å²) in [4.78, 5) is 19.0. The van der Waals surface area contributed by atoms with Gasteiger partial charge in [0.05, 0.1) is 10.7 Å². The van der Waals surface area contributed by atoms with Crippen LogP contribution in [0.25, 0.3) is 5.82 Å². The van der Waals surface area contributed by atoms with Crippen molar-refractivity contribution < 1.29 is 9.18 Å². The fourth-order valence-corrected chi connectivity index (χ4v) is 3.08. The summed E-state index contributed by atoms with van der Waals surface area (Å²) < 4.78 is 15.1. The Bertz CT molecular complexity index is 986. The summed E-state index contributed by atoms with van der Waals surface area (Å²) in [5, 5.41) is 4.66. The van der Waals surface area contributed by atoms with Crippen LogP contribution < -0.4 is 0 Å². The summed E-state index contributed by atoms with van der Waals surface area (Å²) in [6.45, 7) is 6.38. The molecule has 1 aromatic carbocycles. The van der Waals surface area contributed by atoms with Crippen LogP contribution in [0.2, 0.25) is 5.02 Å². The van der Waals surface area contributed by atoms with Gasteiger partial charge in [0.15, 0.2) is 5.82 Å². The molecule has 3 aromatic rings. The Morgan fingerprint density at radius 2 is 2.00 bits per heavy atom. The Kier molecular flexibility index (Phi) is 5.56. The van der Waals surface area contributed by atoms with E-state index in [1.807, 2.05) is 26.8 Å². The fourth-order valence-electron chi connectivity index (χ4n) is 2.89. The number of nitrogens with zero attached hydrogens (tertiary/aromatic N) is 4. The first kappa shape index (κ1) is 19.0. The van der Waals surface area contributed by atoms with Crippen LogP contribution in [0.4, 0.5) is 4.39 Å². The van der Waals surface area contributed by atoms with E-state index in [2.05, 4.69) is 10.1 Å². The molecule has 0 fully saturated rings. The minimum Gasteiger partial charge on any atom is -0.333 e. The third-order valence-corrected chi connectivity index (χ3v) is 4.50. The van der Waals surface area contributed by atoms with Crippen LogP contribution in [-0.4, -0.2) is 32.1 Å². The number of carbonyl (C=O) groups is 1. The highest BCUT2D eigenvalue weighted by Gasteiger charge is 2.21. The number of hydrogen-bond donors (Lipinski definition) is 0. The molecule has 27 heavy (non-hydrogen) atoms. The van der Waals surface area contributed by atoms with Crippen molar-refractivity contribution in [2.45, 2.75) is 27.3 Å². The standard InChI is InChI=1S/C20H20ClFN4O/c1-4-25(12-15-6-5-7-16(22)11-15)20(27)19-17(21)8-9-18(23-19)26-14(3)10-13(2)24-26/h5-11H,4,12H2,1-3H3. The fraction of sp³-hybridized carbons (Fsp3) is 0.250. The summed E-state index contributed by atoms with van der Waals surface area (Å²) in [7, 11) is 0. The zero-order valence-corrected chi connectivity index (χ0v) is 16.2. The third-order valence-electron chi connectivity index (χ3n) is 4.19. The molecule has 0 aliphatic carbocycles. The van der Waals surface area contributed by atoms with Gasteiger partial charge in [-0.1, -0.05) is 23.7 Å². The maximum absolute atomic E-state index is 13.4. The van der Waals surface area contributed by atoms with Gasteiger partial charge in [0.2, 0.25) is 0 Å². The second kappa shape index (κ2) is 7.88. The molecule has 5 nitrogen and oxygen atoms in total. The summed E-state index contributed by atoms with van der Waals surface area (Å²) in [6, 6.07) is 11.5. The van der Waals surface area contributed by atoms with Crippen LogP contribution in [0.15, 0.2) is 42.5 Å². The largest absolute Gasteiger partial charge is 0.333 e. The lowest BCUT2D eigenvalue weighted by Gasteiger charge is -2.21. The number of carbonyl (C=O) groups excluding carboxylic acids is 1. The molecule has 0 bridgehead atoms. The minimum atomic E-state index is -0.335. The lowest BCUT2D eigenvalue weighted by Crippen LogP contribution is -2.31. The van der Waals surface area contributed by atoms with E-state index in [1.165, 1.54) is 12.1 Å². The van der Waals surface area contributed by atoms with Crippen molar-refractivity contribution in [1.82, 2.24) is 19.7 Å². The van der Waals surface area contributed by atoms with Crippen molar-refractivity contribution >= 4 is 17.5 Å². The first-order valence-electron chi connectivity index (χ1n) is 8.63. The molecule has 0 atom stereocenters. The monoisotopic (exact) mass is 386 g/mol.